The number of alkyl halides is 3. The molecule has 0 bridgehead atoms. The van der Waals surface area contributed by atoms with E-state index in [0.717, 1.165) is 34.7 Å². The van der Waals surface area contributed by atoms with E-state index < -0.39 is 17.6 Å². The van der Waals surface area contributed by atoms with Crippen LogP contribution in [0.4, 0.5) is 24.0 Å². The quantitative estimate of drug-likeness (QED) is 0.413. The predicted molar refractivity (Wildman–Crippen MR) is 110 cm³/mol. The van der Waals surface area contributed by atoms with E-state index in [9.17, 15) is 22.8 Å². The monoisotopic (exact) mass is 452 g/mol. The lowest BCUT2D eigenvalue weighted by Crippen LogP contribution is -2.18. The molecular weight excluding hydrogens is 437 g/mol. The van der Waals surface area contributed by atoms with Gasteiger partial charge in [0.1, 0.15) is 0 Å². The molecule has 2 amide bonds. The van der Waals surface area contributed by atoms with Gasteiger partial charge in [0.15, 0.2) is 4.34 Å². The first-order valence-electron chi connectivity index (χ1n) is 8.53. The summed E-state index contributed by atoms with van der Waals surface area (Å²) in [6.07, 6.45) is -4.57. The highest BCUT2D eigenvalue weighted by atomic mass is 32.2. The van der Waals surface area contributed by atoms with Crippen LogP contribution in [0.3, 0.4) is 0 Å². The first-order chi connectivity index (χ1) is 14.2. The van der Waals surface area contributed by atoms with Gasteiger partial charge in [-0.15, -0.1) is 10.2 Å². The molecule has 0 saturated carbocycles. The molecule has 30 heavy (non-hydrogen) atoms. The number of nitrogens with one attached hydrogen (secondary N) is 2. The Labute approximate surface area is 177 Å². The fourth-order valence-electron chi connectivity index (χ4n) is 2.43. The molecule has 0 fully saturated rings. The van der Waals surface area contributed by atoms with E-state index in [-0.39, 0.29) is 22.5 Å². The Morgan fingerprint density at radius 2 is 1.83 bits per heavy atom. The molecule has 0 aliphatic rings. The van der Waals surface area contributed by atoms with Crippen LogP contribution in [0.2, 0.25) is 0 Å². The number of hydrogen-bond donors (Lipinski definition) is 2. The summed E-state index contributed by atoms with van der Waals surface area (Å²) >= 11 is 2.07. The highest BCUT2D eigenvalue weighted by Crippen LogP contribution is 2.34. The average Bonchev–Trinajstić information content (AvgIpc) is 3.13. The van der Waals surface area contributed by atoms with Crippen LogP contribution in [-0.2, 0) is 11.0 Å². The lowest BCUT2D eigenvalue weighted by molar-refractivity contribution is -0.137. The molecule has 2 N–H and O–H groups in total. The van der Waals surface area contributed by atoms with Crippen molar-refractivity contribution in [2.45, 2.75) is 17.4 Å². The molecule has 11 heteroatoms. The Hall–Kier alpha value is -2.92. The van der Waals surface area contributed by atoms with Crippen molar-refractivity contribution in [1.29, 1.82) is 0 Å². The van der Waals surface area contributed by atoms with Gasteiger partial charge < -0.3 is 5.32 Å². The number of carbonyl (C=O) groups is 2. The zero-order valence-corrected chi connectivity index (χ0v) is 17.1. The fraction of sp³-hybridized carbons (Fsp3) is 0.158. The number of aromatic nitrogens is 2. The van der Waals surface area contributed by atoms with Crippen molar-refractivity contribution >= 4 is 45.7 Å². The van der Waals surface area contributed by atoms with Gasteiger partial charge in [0.25, 0.3) is 5.91 Å². The molecule has 6 nitrogen and oxygen atoms in total. The number of aryl methyl sites for hydroxylation is 1. The number of thioether (sulfide) groups is 1. The summed E-state index contributed by atoms with van der Waals surface area (Å²) in [4.78, 5) is 24.3. The van der Waals surface area contributed by atoms with Gasteiger partial charge in [-0.05, 0) is 31.2 Å². The summed E-state index contributed by atoms with van der Waals surface area (Å²) in [6, 6.07) is 11.8. The van der Waals surface area contributed by atoms with Crippen LogP contribution in [0.15, 0.2) is 52.9 Å². The van der Waals surface area contributed by atoms with E-state index in [0.29, 0.717) is 9.90 Å². The first kappa shape index (κ1) is 21.8. The summed E-state index contributed by atoms with van der Waals surface area (Å²) in [6.45, 7) is 1.87. The zero-order chi connectivity index (χ0) is 21.7. The van der Waals surface area contributed by atoms with Crippen LogP contribution in [0.25, 0.3) is 0 Å². The normalized spacial score (nSPS) is 11.2. The van der Waals surface area contributed by atoms with Crippen LogP contribution in [-0.4, -0.2) is 27.8 Å². The Morgan fingerprint density at radius 3 is 2.57 bits per heavy atom. The maximum absolute atomic E-state index is 13.0. The number of rotatable bonds is 6. The summed E-state index contributed by atoms with van der Waals surface area (Å²) in [5.41, 5.74) is 0.191. The van der Waals surface area contributed by atoms with E-state index in [1.807, 2.05) is 13.0 Å². The van der Waals surface area contributed by atoms with Gasteiger partial charge in [-0.2, -0.15) is 13.2 Å². The van der Waals surface area contributed by atoms with Gasteiger partial charge in [-0.25, -0.2) is 0 Å². The minimum absolute atomic E-state index is 0.160. The molecule has 0 aliphatic heterocycles. The molecule has 156 valence electrons. The van der Waals surface area contributed by atoms with Crippen molar-refractivity contribution in [3.8, 4) is 0 Å². The second-order valence-corrected chi connectivity index (χ2v) is 8.28. The Kier molecular flexibility index (Phi) is 6.73. The molecule has 0 aliphatic carbocycles. The number of nitrogens with zero attached hydrogens (tertiary/aromatic N) is 2. The molecule has 1 heterocycles. The molecule has 0 spiro atoms. The molecule has 3 rings (SSSR count). The zero-order valence-electron chi connectivity index (χ0n) is 15.5. The van der Waals surface area contributed by atoms with E-state index in [4.69, 9.17) is 0 Å². The van der Waals surface area contributed by atoms with Gasteiger partial charge in [0.2, 0.25) is 11.0 Å². The lowest BCUT2D eigenvalue weighted by Gasteiger charge is -2.13. The van der Waals surface area contributed by atoms with Crippen LogP contribution >= 0.6 is 23.1 Å². The number of halogens is 3. The van der Waals surface area contributed by atoms with Gasteiger partial charge in [0, 0.05) is 5.56 Å². The minimum atomic E-state index is -4.57. The summed E-state index contributed by atoms with van der Waals surface area (Å²) < 4.78 is 39.4. The number of anilines is 2. The maximum Gasteiger partial charge on any atom is 0.418 e. The molecule has 3 aromatic rings. The smallest absolute Gasteiger partial charge is 0.325 e. The van der Waals surface area contributed by atoms with Gasteiger partial charge in [-0.1, -0.05) is 52.9 Å². The third kappa shape index (κ3) is 5.80. The molecule has 2 aromatic carbocycles. The third-order valence-electron chi connectivity index (χ3n) is 3.74. The first-order valence-corrected chi connectivity index (χ1v) is 10.3. The molecule has 1 aromatic heterocycles. The van der Waals surface area contributed by atoms with E-state index in [1.54, 1.807) is 18.2 Å². The SMILES string of the molecule is Cc1cccc(C(=O)Nc2nnc(SCC(=O)Nc3ccccc3C(F)(F)F)s2)c1. The largest absolute Gasteiger partial charge is 0.418 e. The second-order valence-electron chi connectivity index (χ2n) is 6.08. The summed E-state index contributed by atoms with van der Waals surface area (Å²) in [5.74, 6) is -1.11. The van der Waals surface area contributed by atoms with Crippen molar-refractivity contribution in [3.63, 3.8) is 0 Å². The average molecular weight is 452 g/mol. The van der Waals surface area contributed by atoms with E-state index in [1.165, 1.54) is 18.2 Å². The van der Waals surface area contributed by atoms with Crippen LogP contribution < -0.4 is 10.6 Å². The Morgan fingerprint density at radius 1 is 1.07 bits per heavy atom. The van der Waals surface area contributed by atoms with Crippen molar-refractivity contribution in [2.24, 2.45) is 0 Å². The highest BCUT2D eigenvalue weighted by molar-refractivity contribution is 8.01. The number of benzene rings is 2. The van der Waals surface area contributed by atoms with Gasteiger partial charge in [-0.3, -0.25) is 14.9 Å². The molecule has 0 saturated heterocycles. The predicted octanol–water partition coefficient (Wildman–Crippen LogP) is 4.85. The van der Waals surface area contributed by atoms with Crippen molar-refractivity contribution < 1.29 is 22.8 Å². The van der Waals surface area contributed by atoms with Crippen molar-refractivity contribution in [1.82, 2.24) is 10.2 Å². The number of carbonyl (C=O) groups excluding carboxylic acids is 2. The number of amides is 2. The van der Waals surface area contributed by atoms with E-state index in [2.05, 4.69) is 20.8 Å². The third-order valence-corrected chi connectivity index (χ3v) is 5.71. The molecule has 0 unspecified atom stereocenters. The number of para-hydroxylation sites is 1. The molecule has 0 atom stereocenters. The highest BCUT2D eigenvalue weighted by Gasteiger charge is 2.33. The molecule has 0 radical (unpaired) electrons. The molecular formula is C19H15F3N4O2S2. The van der Waals surface area contributed by atoms with Crippen LogP contribution in [0.5, 0.6) is 0 Å². The minimum Gasteiger partial charge on any atom is -0.325 e. The number of hydrogen-bond acceptors (Lipinski definition) is 6. The van der Waals surface area contributed by atoms with Crippen LogP contribution in [0.1, 0.15) is 21.5 Å². The lowest BCUT2D eigenvalue weighted by atomic mass is 10.1. The Bertz CT molecular complexity index is 1070. The second kappa shape index (κ2) is 9.26. The van der Waals surface area contributed by atoms with Gasteiger partial charge >= 0.3 is 6.18 Å². The van der Waals surface area contributed by atoms with Crippen molar-refractivity contribution in [2.75, 3.05) is 16.4 Å². The summed E-state index contributed by atoms with van der Waals surface area (Å²) in [5, 5.41) is 12.9. The van der Waals surface area contributed by atoms with Crippen molar-refractivity contribution in [3.05, 3.63) is 65.2 Å². The topological polar surface area (TPSA) is 84.0 Å². The fourth-order valence-corrected chi connectivity index (χ4v) is 3.97. The maximum atomic E-state index is 13.0. The van der Waals surface area contributed by atoms with Gasteiger partial charge in [0.05, 0.1) is 17.0 Å². The van der Waals surface area contributed by atoms with E-state index >= 15 is 0 Å². The van der Waals surface area contributed by atoms with Crippen LogP contribution in [0, 0.1) is 6.92 Å². The Balaban J connectivity index is 1.56. The standard InChI is InChI=1S/C19H15F3N4O2S2/c1-11-5-4-6-12(9-11)16(28)24-17-25-26-18(30-17)29-10-15(27)23-14-8-3-2-7-13(14)19(20,21)22/h2-9H,10H2,1H3,(H,23,27)(H,24,25,28). The summed E-state index contributed by atoms with van der Waals surface area (Å²) in [7, 11) is 0.